The first kappa shape index (κ1) is 12.1. The van der Waals surface area contributed by atoms with E-state index in [9.17, 15) is 8.42 Å². The molecule has 0 heterocycles. The summed E-state index contributed by atoms with van der Waals surface area (Å²) >= 11 is 0. The van der Waals surface area contributed by atoms with Gasteiger partial charge in [-0.05, 0) is 19.1 Å². The second-order valence-corrected chi connectivity index (χ2v) is 4.88. The Morgan fingerprint density at radius 3 is 2.53 bits per heavy atom. The molecule has 0 aliphatic rings. The molecule has 0 spiro atoms. The van der Waals surface area contributed by atoms with Gasteiger partial charge in [0, 0.05) is 6.54 Å². The van der Waals surface area contributed by atoms with E-state index in [0.29, 0.717) is 0 Å². The monoisotopic (exact) mass is 230 g/mol. The number of benzene rings is 1. The molecular formula is C9H14N2O3S. The van der Waals surface area contributed by atoms with Crippen molar-refractivity contribution < 1.29 is 13.3 Å². The largest absolute Gasteiger partial charge is 0.300 e. The summed E-state index contributed by atoms with van der Waals surface area (Å²) in [6, 6.07) is 8.13. The van der Waals surface area contributed by atoms with Crippen LogP contribution in [0.15, 0.2) is 35.2 Å². The summed E-state index contributed by atoms with van der Waals surface area (Å²) in [6.45, 7) is 1.82. The van der Waals surface area contributed by atoms with Gasteiger partial charge in [0.1, 0.15) is 0 Å². The van der Waals surface area contributed by atoms with Crippen LogP contribution in [0, 0.1) is 0 Å². The van der Waals surface area contributed by atoms with E-state index in [2.05, 4.69) is 9.56 Å². The summed E-state index contributed by atoms with van der Waals surface area (Å²) in [5.41, 5.74) is 0. The summed E-state index contributed by atoms with van der Waals surface area (Å²) in [6.07, 6.45) is -0.358. The number of nitrogens with two attached hydrogens (primary N) is 1. The number of hydrogen-bond acceptors (Lipinski definition) is 4. The van der Waals surface area contributed by atoms with Gasteiger partial charge in [0.05, 0.1) is 11.0 Å². The summed E-state index contributed by atoms with van der Waals surface area (Å²) in [7, 11) is -3.45. The molecule has 3 N–H and O–H groups in total. The molecule has 6 heteroatoms. The maximum atomic E-state index is 11.6. The lowest BCUT2D eigenvalue weighted by molar-refractivity contribution is 0.0702. The molecule has 5 nitrogen and oxygen atoms in total. The minimum Gasteiger partial charge on any atom is -0.300 e. The fourth-order valence-corrected chi connectivity index (χ4v) is 2.09. The number of rotatable bonds is 5. The van der Waals surface area contributed by atoms with Crippen LogP contribution in [-0.4, -0.2) is 21.1 Å². The van der Waals surface area contributed by atoms with Crippen LogP contribution in [0.2, 0.25) is 0 Å². The van der Waals surface area contributed by atoms with Crippen molar-refractivity contribution in [1.29, 1.82) is 0 Å². The Bertz CT molecular complexity index is 391. The molecule has 0 aliphatic heterocycles. The molecule has 0 amide bonds. The summed E-state index contributed by atoms with van der Waals surface area (Å²) in [5, 5.41) is 0. The fourth-order valence-electron chi connectivity index (χ4n) is 0.958. The van der Waals surface area contributed by atoms with Crippen molar-refractivity contribution in [3.05, 3.63) is 30.3 Å². The molecule has 1 aromatic carbocycles. The minimum atomic E-state index is -3.45. The standard InChI is InChI=1S/C9H14N2O3S/c1-8(14-10)7-11-15(12,13)9-5-3-2-4-6-9/h2-6,8,11H,7,10H2,1H3. The van der Waals surface area contributed by atoms with Crippen LogP contribution < -0.4 is 10.6 Å². The zero-order chi connectivity index (χ0) is 11.3. The van der Waals surface area contributed by atoms with Crippen molar-refractivity contribution in [2.24, 2.45) is 5.90 Å². The Kier molecular flexibility index (Phi) is 4.22. The van der Waals surface area contributed by atoms with Crippen molar-refractivity contribution in [1.82, 2.24) is 4.72 Å². The highest BCUT2D eigenvalue weighted by molar-refractivity contribution is 7.89. The molecule has 0 fully saturated rings. The third kappa shape index (κ3) is 3.60. The van der Waals surface area contributed by atoms with Crippen LogP contribution in [0.4, 0.5) is 0 Å². The first-order valence-electron chi connectivity index (χ1n) is 4.46. The zero-order valence-electron chi connectivity index (χ0n) is 8.38. The number of hydrogen-bond donors (Lipinski definition) is 2. The lowest BCUT2D eigenvalue weighted by Gasteiger charge is -2.10. The van der Waals surface area contributed by atoms with Crippen LogP contribution in [-0.2, 0) is 14.9 Å². The summed E-state index contributed by atoms with van der Waals surface area (Å²) < 4.78 is 25.7. The molecule has 0 aromatic heterocycles. The zero-order valence-corrected chi connectivity index (χ0v) is 9.20. The van der Waals surface area contributed by atoms with Gasteiger partial charge in [-0.1, -0.05) is 18.2 Å². The average Bonchev–Trinajstić information content (AvgIpc) is 2.27. The predicted molar refractivity (Wildman–Crippen MR) is 56.4 cm³/mol. The van der Waals surface area contributed by atoms with Gasteiger partial charge >= 0.3 is 0 Å². The molecule has 0 bridgehead atoms. The van der Waals surface area contributed by atoms with Crippen molar-refractivity contribution in [3.8, 4) is 0 Å². The van der Waals surface area contributed by atoms with Crippen LogP contribution in [0.1, 0.15) is 6.92 Å². The Balaban J connectivity index is 2.69. The third-order valence-electron chi connectivity index (χ3n) is 1.85. The van der Waals surface area contributed by atoms with Gasteiger partial charge < -0.3 is 4.84 Å². The van der Waals surface area contributed by atoms with Crippen LogP contribution in [0.5, 0.6) is 0 Å². The molecule has 0 aliphatic carbocycles. The highest BCUT2D eigenvalue weighted by Gasteiger charge is 2.13. The summed E-state index contributed by atoms with van der Waals surface area (Å²) in [4.78, 5) is 4.69. The molecule has 1 aromatic rings. The van der Waals surface area contributed by atoms with E-state index >= 15 is 0 Å². The smallest absolute Gasteiger partial charge is 0.240 e. The molecule has 1 rings (SSSR count). The molecule has 1 unspecified atom stereocenters. The summed E-state index contributed by atoms with van der Waals surface area (Å²) in [5.74, 6) is 4.91. The topological polar surface area (TPSA) is 81.4 Å². The molecule has 84 valence electrons. The van der Waals surface area contributed by atoms with Gasteiger partial charge in [0.15, 0.2) is 0 Å². The SMILES string of the molecule is CC(CNS(=O)(=O)c1ccccc1)ON. The van der Waals surface area contributed by atoms with Gasteiger partial charge in [0.25, 0.3) is 0 Å². The fraction of sp³-hybridized carbons (Fsp3) is 0.333. The average molecular weight is 230 g/mol. The van der Waals surface area contributed by atoms with Gasteiger partial charge in [-0.25, -0.2) is 19.0 Å². The third-order valence-corrected chi connectivity index (χ3v) is 3.29. The Labute approximate surface area is 89.2 Å². The van der Waals surface area contributed by atoms with E-state index in [4.69, 9.17) is 5.90 Å². The second kappa shape index (κ2) is 5.22. The maximum Gasteiger partial charge on any atom is 0.240 e. The van der Waals surface area contributed by atoms with Crippen molar-refractivity contribution in [2.75, 3.05) is 6.54 Å². The highest BCUT2D eigenvalue weighted by Crippen LogP contribution is 2.06. The molecular weight excluding hydrogens is 216 g/mol. The molecule has 15 heavy (non-hydrogen) atoms. The molecule has 1 atom stereocenters. The van der Waals surface area contributed by atoms with Gasteiger partial charge in [-0.15, -0.1) is 0 Å². The molecule has 0 saturated heterocycles. The first-order chi connectivity index (χ1) is 7.06. The molecule has 0 saturated carbocycles. The Hall–Kier alpha value is -0.950. The minimum absolute atomic E-state index is 0.147. The normalized spacial score (nSPS) is 13.7. The predicted octanol–water partition coefficient (Wildman–Crippen LogP) is 0.244. The van der Waals surface area contributed by atoms with E-state index in [1.807, 2.05) is 0 Å². The maximum absolute atomic E-state index is 11.6. The highest BCUT2D eigenvalue weighted by atomic mass is 32.2. The Morgan fingerprint density at radius 1 is 1.40 bits per heavy atom. The first-order valence-corrected chi connectivity index (χ1v) is 5.95. The van der Waals surface area contributed by atoms with Crippen LogP contribution >= 0.6 is 0 Å². The second-order valence-electron chi connectivity index (χ2n) is 3.11. The van der Waals surface area contributed by atoms with E-state index in [1.54, 1.807) is 25.1 Å². The van der Waals surface area contributed by atoms with Crippen molar-refractivity contribution >= 4 is 10.0 Å². The Morgan fingerprint density at radius 2 is 2.00 bits per heavy atom. The van der Waals surface area contributed by atoms with Crippen molar-refractivity contribution in [2.45, 2.75) is 17.9 Å². The van der Waals surface area contributed by atoms with E-state index < -0.39 is 10.0 Å². The van der Waals surface area contributed by atoms with E-state index in [-0.39, 0.29) is 17.5 Å². The number of sulfonamides is 1. The van der Waals surface area contributed by atoms with Gasteiger partial charge in [-0.3, -0.25) is 0 Å². The lowest BCUT2D eigenvalue weighted by Crippen LogP contribution is -2.33. The number of nitrogens with one attached hydrogen (secondary N) is 1. The van der Waals surface area contributed by atoms with Crippen molar-refractivity contribution in [3.63, 3.8) is 0 Å². The quantitative estimate of drug-likeness (QED) is 0.710. The van der Waals surface area contributed by atoms with Crippen LogP contribution in [0.3, 0.4) is 0 Å². The van der Waals surface area contributed by atoms with Gasteiger partial charge in [0.2, 0.25) is 10.0 Å². The molecule has 0 radical (unpaired) electrons. The van der Waals surface area contributed by atoms with Gasteiger partial charge in [-0.2, -0.15) is 0 Å². The van der Waals surface area contributed by atoms with E-state index in [0.717, 1.165) is 0 Å². The lowest BCUT2D eigenvalue weighted by atomic mass is 10.4. The van der Waals surface area contributed by atoms with E-state index in [1.165, 1.54) is 12.1 Å². The van der Waals surface area contributed by atoms with Crippen LogP contribution in [0.25, 0.3) is 0 Å².